The van der Waals surface area contributed by atoms with Gasteiger partial charge in [0.15, 0.2) is 0 Å². The molecule has 9 heteroatoms. The molecule has 3 heterocycles. The molecule has 0 bridgehead atoms. The van der Waals surface area contributed by atoms with Gasteiger partial charge in [0, 0.05) is 66.9 Å². The summed E-state index contributed by atoms with van der Waals surface area (Å²) >= 11 is 0. The standard InChI is InChI=1S/C37H43N5O4/c1-40(2)23-25-19-28-20-30(46-3)13-14-34(28)42(24-25)37(45)33(21-29-22-38-32-12-8-7-11-31(29)32)39-35(43)26-15-17-41(18-16-26)36(44)27-9-5-4-6-10-27/h4-14,20,22,25-26,33,38H,15-19,21,23-24H2,1-3H3,(H,39,43)/t25?,33-/m1/s1. The number of fused-ring (bicyclic) bond motifs is 2. The van der Waals surface area contributed by atoms with Crippen LogP contribution in [-0.2, 0) is 22.4 Å². The highest BCUT2D eigenvalue weighted by Gasteiger charge is 2.36. The van der Waals surface area contributed by atoms with Crippen molar-refractivity contribution in [3.05, 3.63) is 95.7 Å². The quantitative estimate of drug-likeness (QED) is 0.287. The monoisotopic (exact) mass is 621 g/mol. The average molecular weight is 622 g/mol. The van der Waals surface area contributed by atoms with E-state index in [1.807, 2.05) is 103 Å². The fraction of sp³-hybridized carbons (Fsp3) is 0.378. The van der Waals surface area contributed by atoms with Gasteiger partial charge in [-0.15, -0.1) is 0 Å². The molecule has 2 N–H and O–H groups in total. The number of benzene rings is 3. The van der Waals surface area contributed by atoms with Crippen LogP contribution in [0.3, 0.4) is 0 Å². The number of hydrogen-bond donors (Lipinski definition) is 2. The van der Waals surface area contributed by atoms with Gasteiger partial charge in [-0.3, -0.25) is 14.4 Å². The number of amides is 3. The molecule has 1 aromatic heterocycles. The molecule has 2 aliphatic rings. The van der Waals surface area contributed by atoms with Crippen molar-refractivity contribution in [2.75, 3.05) is 52.3 Å². The molecule has 2 aliphatic heterocycles. The number of para-hydroxylation sites is 1. The number of nitrogens with zero attached hydrogens (tertiary/aromatic N) is 3. The van der Waals surface area contributed by atoms with Gasteiger partial charge >= 0.3 is 0 Å². The minimum absolute atomic E-state index is 0.0143. The summed E-state index contributed by atoms with van der Waals surface area (Å²) in [5.74, 6) is 0.441. The summed E-state index contributed by atoms with van der Waals surface area (Å²) in [4.78, 5) is 50.6. The Balaban J connectivity index is 1.24. The summed E-state index contributed by atoms with van der Waals surface area (Å²) in [5, 5.41) is 4.23. The van der Waals surface area contributed by atoms with Crippen molar-refractivity contribution >= 4 is 34.3 Å². The van der Waals surface area contributed by atoms with Gasteiger partial charge in [-0.25, -0.2) is 0 Å². The number of nitrogens with one attached hydrogen (secondary N) is 2. The predicted octanol–water partition coefficient (Wildman–Crippen LogP) is 4.52. The Morgan fingerprint density at radius 3 is 2.48 bits per heavy atom. The second-order valence-electron chi connectivity index (χ2n) is 12.8. The Morgan fingerprint density at radius 2 is 1.74 bits per heavy atom. The number of rotatable bonds is 9. The van der Waals surface area contributed by atoms with Crippen molar-refractivity contribution in [1.29, 1.82) is 0 Å². The predicted molar refractivity (Wildman–Crippen MR) is 180 cm³/mol. The Hall–Kier alpha value is -4.63. The van der Waals surface area contributed by atoms with Crippen LogP contribution in [0.25, 0.3) is 10.9 Å². The lowest BCUT2D eigenvalue weighted by molar-refractivity contribution is -0.131. The third-order valence-electron chi connectivity index (χ3n) is 9.30. The zero-order valence-electron chi connectivity index (χ0n) is 26.9. The number of H-pyrrole nitrogens is 1. The number of anilines is 1. The normalized spacial score (nSPS) is 17.5. The van der Waals surface area contributed by atoms with Crippen molar-refractivity contribution in [3.63, 3.8) is 0 Å². The van der Waals surface area contributed by atoms with Crippen molar-refractivity contribution in [2.24, 2.45) is 11.8 Å². The van der Waals surface area contributed by atoms with E-state index in [0.29, 0.717) is 44.5 Å². The van der Waals surface area contributed by atoms with Crippen molar-refractivity contribution < 1.29 is 19.1 Å². The molecular formula is C37H43N5O4. The first-order chi connectivity index (χ1) is 22.3. The molecule has 4 aromatic rings. The molecule has 0 radical (unpaired) electrons. The molecule has 3 amide bonds. The third-order valence-corrected chi connectivity index (χ3v) is 9.30. The largest absolute Gasteiger partial charge is 0.497 e. The van der Waals surface area contributed by atoms with E-state index in [-0.39, 0.29) is 29.6 Å². The minimum Gasteiger partial charge on any atom is -0.497 e. The van der Waals surface area contributed by atoms with Crippen molar-refractivity contribution in [2.45, 2.75) is 31.7 Å². The highest BCUT2D eigenvalue weighted by molar-refractivity contribution is 6.01. The van der Waals surface area contributed by atoms with E-state index >= 15 is 0 Å². The Bertz CT molecular complexity index is 1690. The van der Waals surface area contributed by atoms with Crippen LogP contribution in [0.2, 0.25) is 0 Å². The van der Waals surface area contributed by atoms with Gasteiger partial charge in [-0.2, -0.15) is 0 Å². The molecular weight excluding hydrogens is 578 g/mol. The number of hydrogen-bond acceptors (Lipinski definition) is 5. The van der Waals surface area contributed by atoms with Crippen LogP contribution in [0.5, 0.6) is 5.75 Å². The summed E-state index contributed by atoms with van der Waals surface area (Å²) in [5.41, 5.74) is 4.56. The maximum absolute atomic E-state index is 14.6. The summed E-state index contributed by atoms with van der Waals surface area (Å²) in [6.45, 7) is 2.40. The first-order valence-electron chi connectivity index (χ1n) is 16.1. The smallest absolute Gasteiger partial charge is 0.253 e. The fourth-order valence-electron chi connectivity index (χ4n) is 7.00. The Morgan fingerprint density at radius 1 is 1.00 bits per heavy atom. The lowest BCUT2D eigenvalue weighted by atomic mass is 9.90. The Kier molecular flexibility index (Phi) is 9.40. The number of carbonyl (C=O) groups excluding carboxylic acids is 3. The zero-order valence-corrected chi connectivity index (χ0v) is 26.9. The summed E-state index contributed by atoms with van der Waals surface area (Å²) in [6, 6.07) is 22.4. The zero-order chi connectivity index (χ0) is 32.2. The van der Waals surface area contributed by atoms with E-state index < -0.39 is 6.04 Å². The summed E-state index contributed by atoms with van der Waals surface area (Å²) in [6.07, 6.45) is 4.24. The van der Waals surface area contributed by atoms with E-state index in [4.69, 9.17) is 4.74 Å². The second-order valence-corrected chi connectivity index (χ2v) is 12.8. The van der Waals surface area contributed by atoms with Crippen molar-refractivity contribution in [1.82, 2.24) is 20.1 Å². The number of methoxy groups -OCH3 is 1. The van der Waals surface area contributed by atoms with E-state index in [1.54, 1.807) is 7.11 Å². The van der Waals surface area contributed by atoms with Crippen LogP contribution in [0.1, 0.15) is 34.3 Å². The van der Waals surface area contributed by atoms with E-state index in [1.165, 1.54) is 0 Å². The molecule has 1 saturated heterocycles. The number of aromatic nitrogens is 1. The van der Waals surface area contributed by atoms with Crippen LogP contribution in [0.15, 0.2) is 79.0 Å². The third kappa shape index (κ3) is 6.79. The van der Waals surface area contributed by atoms with Crippen LogP contribution < -0.4 is 15.0 Å². The van der Waals surface area contributed by atoms with E-state index in [9.17, 15) is 14.4 Å². The summed E-state index contributed by atoms with van der Waals surface area (Å²) in [7, 11) is 5.75. The molecule has 0 saturated carbocycles. The van der Waals surface area contributed by atoms with Crippen molar-refractivity contribution in [3.8, 4) is 5.75 Å². The second kappa shape index (κ2) is 13.8. The molecule has 240 valence electrons. The van der Waals surface area contributed by atoms with Crippen LogP contribution >= 0.6 is 0 Å². The van der Waals surface area contributed by atoms with Crippen LogP contribution in [0.4, 0.5) is 5.69 Å². The van der Waals surface area contributed by atoms with Gasteiger partial charge in [0.1, 0.15) is 11.8 Å². The number of piperidine rings is 1. The molecule has 2 atom stereocenters. The molecule has 46 heavy (non-hydrogen) atoms. The molecule has 1 unspecified atom stereocenters. The maximum atomic E-state index is 14.6. The molecule has 3 aromatic carbocycles. The Labute approximate surface area is 270 Å². The van der Waals surface area contributed by atoms with Gasteiger partial charge in [0.2, 0.25) is 11.8 Å². The van der Waals surface area contributed by atoms with Gasteiger partial charge in [-0.1, -0.05) is 36.4 Å². The van der Waals surface area contributed by atoms with Gasteiger partial charge in [-0.05, 0) is 86.8 Å². The number of ether oxygens (including phenoxy) is 1. The van der Waals surface area contributed by atoms with Gasteiger partial charge in [0.25, 0.3) is 5.91 Å². The number of aromatic amines is 1. The first kappa shape index (κ1) is 31.4. The lowest BCUT2D eigenvalue weighted by Crippen LogP contribution is -2.54. The number of carbonyl (C=O) groups is 3. The van der Waals surface area contributed by atoms with Crippen LogP contribution in [0, 0.1) is 11.8 Å². The average Bonchev–Trinajstić information content (AvgIpc) is 3.49. The van der Waals surface area contributed by atoms with Gasteiger partial charge in [0.05, 0.1) is 7.11 Å². The maximum Gasteiger partial charge on any atom is 0.253 e. The molecule has 6 rings (SSSR count). The molecule has 0 aliphatic carbocycles. The highest BCUT2D eigenvalue weighted by atomic mass is 16.5. The van der Waals surface area contributed by atoms with Crippen LogP contribution in [-0.4, -0.2) is 85.9 Å². The number of likely N-dealkylation sites (tertiary alicyclic amines) is 1. The summed E-state index contributed by atoms with van der Waals surface area (Å²) < 4.78 is 5.52. The lowest BCUT2D eigenvalue weighted by Gasteiger charge is -2.38. The van der Waals surface area contributed by atoms with Gasteiger partial charge < -0.3 is 29.7 Å². The fourth-order valence-corrected chi connectivity index (χ4v) is 7.00. The molecule has 9 nitrogen and oxygen atoms in total. The highest BCUT2D eigenvalue weighted by Crippen LogP contribution is 2.34. The van der Waals surface area contributed by atoms with E-state index in [2.05, 4.69) is 15.2 Å². The van der Waals surface area contributed by atoms with E-state index in [0.717, 1.165) is 46.4 Å². The first-order valence-corrected chi connectivity index (χ1v) is 16.1. The topological polar surface area (TPSA) is 98.0 Å². The minimum atomic E-state index is -0.760. The SMILES string of the molecule is COc1ccc2c(c1)CC(CN(C)C)CN2C(=O)[C@@H](Cc1c[nH]c2ccccc12)NC(=O)C1CCN(C(=O)c2ccccc2)CC1. The molecule has 0 spiro atoms. The molecule has 1 fully saturated rings.